The maximum Gasteiger partial charge on any atom is 0.336 e. The fourth-order valence-electron chi connectivity index (χ4n) is 1.78. The number of carboxylic acid groups (broad SMARTS) is 1. The molecule has 0 amide bonds. The van der Waals surface area contributed by atoms with E-state index in [0.29, 0.717) is 19.4 Å². The largest absolute Gasteiger partial charge is 0.479 e. The predicted molar refractivity (Wildman–Crippen MR) is 32.5 cm³/mol. The molecule has 56 valence electrons. The number of carboxylic acids is 1. The van der Waals surface area contributed by atoms with Crippen LogP contribution in [0.3, 0.4) is 0 Å². The second-order valence-corrected chi connectivity index (χ2v) is 3.30. The van der Waals surface area contributed by atoms with Crippen molar-refractivity contribution in [2.75, 3.05) is 6.61 Å². The first-order chi connectivity index (χ1) is 4.56. The van der Waals surface area contributed by atoms with Crippen LogP contribution in [-0.2, 0) is 9.53 Å². The number of nitrogens with two attached hydrogens (primary N) is 1. The summed E-state index contributed by atoms with van der Waals surface area (Å²) in [6.07, 6.45) is 0.963. The Kier molecular flexibility index (Phi) is 0.830. The molecule has 2 bridgehead atoms. The van der Waals surface area contributed by atoms with Crippen molar-refractivity contribution >= 4 is 5.97 Å². The third kappa shape index (κ3) is 0.507. The van der Waals surface area contributed by atoms with E-state index in [9.17, 15) is 4.79 Å². The van der Waals surface area contributed by atoms with E-state index in [1.54, 1.807) is 0 Å². The number of hydrogen-bond acceptors (Lipinski definition) is 3. The average molecular weight is 143 g/mol. The fraction of sp³-hybridized carbons (Fsp3) is 0.833. The van der Waals surface area contributed by atoms with Gasteiger partial charge in [-0.3, -0.25) is 0 Å². The minimum atomic E-state index is -0.908. The molecule has 0 radical (unpaired) electrons. The van der Waals surface area contributed by atoms with Crippen LogP contribution in [0.4, 0.5) is 0 Å². The molecule has 4 heteroatoms. The smallest absolute Gasteiger partial charge is 0.336 e. The van der Waals surface area contributed by atoms with Crippen molar-refractivity contribution in [1.82, 2.24) is 0 Å². The highest BCUT2D eigenvalue weighted by molar-refractivity contribution is 5.80. The van der Waals surface area contributed by atoms with Crippen LogP contribution in [0.15, 0.2) is 0 Å². The zero-order valence-corrected chi connectivity index (χ0v) is 5.46. The van der Waals surface area contributed by atoms with Gasteiger partial charge < -0.3 is 15.6 Å². The van der Waals surface area contributed by atoms with Crippen molar-refractivity contribution in [1.29, 1.82) is 0 Å². The summed E-state index contributed by atoms with van der Waals surface area (Å²) in [5.41, 5.74) is 4.45. The number of carbonyl (C=O) groups is 1. The van der Waals surface area contributed by atoms with Crippen LogP contribution >= 0.6 is 0 Å². The number of fused-ring (bicyclic) bond motifs is 1. The molecule has 0 aromatic carbocycles. The number of aliphatic carboxylic acids is 1. The second-order valence-electron chi connectivity index (χ2n) is 3.30. The Morgan fingerprint density at radius 3 is 2.40 bits per heavy atom. The molecule has 10 heavy (non-hydrogen) atoms. The number of ether oxygens (including phenoxy) is 1. The lowest BCUT2D eigenvalue weighted by molar-refractivity contribution is -0.162. The van der Waals surface area contributed by atoms with E-state index < -0.39 is 11.6 Å². The van der Waals surface area contributed by atoms with E-state index in [0.717, 1.165) is 0 Å². The average Bonchev–Trinajstić information content (AvgIpc) is 2.19. The van der Waals surface area contributed by atoms with Crippen LogP contribution in [-0.4, -0.2) is 28.8 Å². The first-order valence-corrected chi connectivity index (χ1v) is 3.23. The van der Waals surface area contributed by atoms with Gasteiger partial charge in [0.15, 0.2) is 5.60 Å². The molecule has 2 saturated heterocycles. The van der Waals surface area contributed by atoms with Crippen LogP contribution < -0.4 is 5.73 Å². The summed E-state index contributed by atoms with van der Waals surface area (Å²) in [5.74, 6) is -0.869. The summed E-state index contributed by atoms with van der Waals surface area (Å²) in [7, 11) is 0. The van der Waals surface area contributed by atoms with Gasteiger partial charge in [-0.15, -0.1) is 0 Å². The van der Waals surface area contributed by atoms with Crippen molar-refractivity contribution in [3.63, 3.8) is 0 Å². The zero-order chi connectivity index (χ0) is 7.41. The molecule has 0 spiro atoms. The molecule has 3 aliphatic rings. The lowest BCUT2D eigenvalue weighted by Gasteiger charge is -2.38. The summed E-state index contributed by atoms with van der Waals surface area (Å²) in [4.78, 5) is 10.5. The molecule has 3 N–H and O–H groups in total. The Labute approximate surface area is 58.0 Å². The van der Waals surface area contributed by atoms with E-state index >= 15 is 0 Å². The molecule has 1 saturated carbocycles. The number of rotatable bonds is 1. The summed E-state index contributed by atoms with van der Waals surface area (Å²) >= 11 is 0. The van der Waals surface area contributed by atoms with Crippen molar-refractivity contribution in [2.24, 2.45) is 5.73 Å². The highest BCUT2D eigenvalue weighted by Crippen LogP contribution is 2.49. The van der Waals surface area contributed by atoms with Gasteiger partial charge in [0.25, 0.3) is 0 Å². The van der Waals surface area contributed by atoms with E-state index in [4.69, 9.17) is 15.6 Å². The summed E-state index contributed by atoms with van der Waals surface area (Å²) in [5, 5.41) is 8.64. The maximum atomic E-state index is 10.5. The Hall–Kier alpha value is -0.610. The van der Waals surface area contributed by atoms with E-state index in [-0.39, 0.29) is 5.54 Å². The summed E-state index contributed by atoms with van der Waals surface area (Å²) in [6.45, 7) is 0.402. The third-order valence-corrected chi connectivity index (χ3v) is 2.30. The van der Waals surface area contributed by atoms with Gasteiger partial charge in [0, 0.05) is 18.4 Å². The van der Waals surface area contributed by atoms with Gasteiger partial charge >= 0.3 is 5.97 Å². The lowest BCUT2D eigenvalue weighted by Crippen LogP contribution is -2.58. The molecular weight excluding hydrogens is 134 g/mol. The maximum absolute atomic E-state index is 10.5. The molecular formula is C6H9NO3. The summed E-state index contributed by atoms with van der Waals surface area (Å²) in [6, 6.07) is 0. The predicted octanol–water partition coefficient (Wildman–Crippen LogP) is -0.669. The quantitative estimate of drug-likeness (QED) is 0.510. The first-order valence-electron chi connectivity index (χ1n) is 3.23. The highest BCUT2D eigenvalue weighted by atomic mass is 16.5. The van der Waals surface area contributed by atoms with Crippen molar-refractivity contribution in [3.8, 4) is 0 Å². The Balaban J connectivity index is 2.20. The van der Waals surface area contributed by atoms with Crippen LogP contribution in [0.2, 0.25) is 0 Å². The topological polar surface area (TPSA) is 72.5 Å². The first kappa shape index (κ1) is 6.12. The molecule has 3 fully saturated rings. The highest BCUT2D eigenvalue weighted by Gasteiger charge is 2.65. The van der Waals surface area contributed by atoms with E-state index in [1.165, 1.54) is 0 Å². The van der Waals surface area contributed by atoms with Gasteiger partial charge in [-0.1, -0.05) is 0 Å². The monoisotopic (exact) mass is 143 g/mol. The van der Waals surface area contributed by atoms with Crippen molar-refractivity contribution in [2.45, 2.75) is 24.0 Å². The van der Waals surface area contributed by atoms with E-state index in [1.807, 2.05) is 0 Å². The van der Waals surface area contributed by atoms with Gasteiger partial charge in [-0.2, -0.15) is 0 Å². The third-order valence-electron chi connectivity index (χ3n) is 2.30. The number of hydrogen-bond donors (Lipinski definition) is 2. The van der Waals surface area contributed by atoms with Crippen LogP contribution in [0, 0.1) is 0 Å². The van der Waals surface area contributed by atoms with Crippen molar-refractivity contribution < 1.29 is 14.6 Å². The van der Waals surface area contributed by atoms with Crippen LogP contribution in [0.25, 0.3) is 0 Å². The van der Waals surface area contributed by atoms with Gasteiger partial charge in [-0.05, 0) is 0 Å². The Bertz CT molecular complexity index is 195. The molecule has 3 rings (SSSR count). The second kappa shape index (κ2) is 1.35. The molecule has 0 aromatic rings. The molecule has 1 aliphatic carbocycles. The standard InChI is InChI=1S/C6H9NO3/c7-5-1-6(2-5,4(8)9)10-3-5/h1-3,7H2,(H,8,9). The molecule has 4 nitrogen and oxygen atoms in total. The fourth-order valence-corrected chi connectivity index (χ4v) is 1.78. The molecule has 0 atom stereocenters. The van der Waals surface area contributed by atoms with Gasteiger partial charge in [0.2, 0.25) is 0 Å². The Morgan fingerprint density at radius 1 is 1.60 bits per heavy atom. The van der Waals surface area contributed by atoms with E-state index in [2.05, 4.69) is 0 Å². The van der Waals surface area contributed by atoms with Crippen molar-refractivity contribution in [3.05, 3.63) is 0 Å². The van der Waals surface area contributed by atoms with Gasteiger partial charge in [-0.25, -0.2) is 4.79 Å². The molecule has 2 heterocycles. The normalized spacial score (nSPS) is 50.5. The van der Waals surface area contributed by atoms with Gasteiger partial charge in [0.05, 0.1) is 6.61 Å². The minimum Gasteiger partial charge on any atom is -0.479 e. The molecule has 2 aliphatic heterocycles. The van der Waals surface area contributed by atoms with Crippen LogP contribution in [0.5, 0.6) is 0 Å². The molecule has 0 unspecified atom stereocenters. The van der Waals surface area contributed by atoms with Gasteiger partial charge in [0.1, 0.15) is 0 Å². The lowest BCUT2D eigenvalue weighted by atomic mass is 9.69. The van der Waals surface area contributed by atoms with Crippen LogP contribution in [0.1, 0.15) is 12.8 Å². The Morgan fingerprint density at radius 2 is 2.20 bits per heavy atom. The summed E-state index contributed by atoms with van der Waals surface area (Å²) < 4.78 is 5.05. The SMILES string of the molecule is NC12COC(C(=O)O)(C1)C2. The minimum absolute atomic E-state index is 0.321. The molecule has 0 aromatic heterocycles. The zero-order valence-electron chi connectivity index (χ0n) is 5.46.